The van der Waals surface area contributed by atoms with Crippen LogP contribution >= 0.6 is 0 Å². The predicted octanol–water partition coefficient (Wildman–Crippen LogP) is 0.868. The van der Waals surface area contributed by atoms with Crippen molar-refractivity contribution in [1.82, 2.24) is 10.3 Å². The van der Waals surface area contributed by atoms with Gasteiger partial charge in [0.1, 0.15) is 0 Å². The molecule has 2 N–H and O–H groups in total. The number of hydrogen-bond donors (Lipinski definition) is 2. The molecule has 1 saturated carbocycles. The molecule has 7 heteroatoms. The topological polar surface area (TPSA) is 91.8 Å². The molecule has 1 aromatic heterocycles. The summed E-state index contributed by atoms with van der Waals surface area (Å²) in [6.07, 6.45) is 6.23. The number of ether oxygens (including phenoxy) is 1. The number of pyridine rings is 1. The first-order valence-corrected chi connectivity index (χ1v) is 8.92. The van der Waals surface area contributed by atoms with E-state index in [1.807, 2.05) is 0 Å². The minimum atomic E-state index is -0.381. The maximum Gasteiger partial charge on any atom is 0.253 e. The Morgan fingerprint density at radius 1 is 1.36 bits per heavy atom. The highest BCUT2D eigenvalue weighted by Crippen LogP contribution is 2.49. The summed E-state index contributed by atoms with van der Waals surface area (Å²) in [5.74, 6) is -0.133. The number of nitrogens with zero attached hydrogens (tertiary/aromatic N) is 2. The molecule has 4 rings (SSSR count). The fraction of sp³-hybridized carbons (Fsp3) is 0.611. The lowest BCUT2D eigenvalue weighted by atomic mass is 9.58. The molecule has 2 amide bonds. The molecule has 2 aliphatic heterocycles. The first-order chi connectivity index (χ1) is 12.1. The van der Waals surface area contributed by atoms with E-state index in [4.69, 9.17) is 4.74 Å². The first-order valence-electron chi connectivity index (χ1n) is 8.92. The fourth-order valence-corrected chi connectivity index (χ4v) is 4.26. The van der Waals surface area contributed by atoms with Crippen LogP contribution in [0.3, 0.4) is 0 Å². The standard InChI is InChI=1S/C18H23N3O4/c22-15-9-14(18(15)3-6-25-7-4-18)20-17(24)12-8-13(11-19-10-12)21-5-1-2-16(21)23/h8,10-11,14-15,22H,1-7,9H2,(H,20,24)/t14-,15-/m1/s1. The van der Waals surface area contributed by atoms with E-state index in [9.17, 15) is 14.7 Å². The molecule has 3 aliphatic rings. The van der Waals surface area contributed by atoms with Crippen LogP contribution in [0.15, 0.2) is 18.5 Å². The number of aliphatic hydroxyl groups excluding tert-OH is 1. The van der Waals surface area contributed by atoms with Gasteiger partial charge >= 0.3 is 0 Å². The SMILES string of the molecule is O=C(N[C@@H]1C[C@@H](O)C12CCOCC2)c1cncc(N2CCCC2=O)c1. The molecule has 2 saturated heterocycles. The molecular weight excluding hydrogens is 322 g/mol. The van der Waals surface area contributed by atoms with Gasteiger partial charge < -0.3 is 20.1 Å². The maximum atomic E-state index is 12.7. The molecule has 1 spiro atoms. The van der Waals surface area contributed by atoms with Crippen molar-refractivity contribution in [3.05, 3.63) is 24.0 Å². The Kier molecular flexibility index (Phi) is 4.21. The number of rotatable bonds is 3. The van der Waals surface area contributed by atoms with Gasteiger partial charge in [0, 0.05) is 43.8 Å². The second kappa shape index (κ2) is 6.38. The number of aliphatic hydroxyl groups is 1. The smallest absolute Gasteiger partial charge is 0.253 e. The second-order valence-corrected chi connectivity index (χ2v) is 7.20. The van der Waals surface area contributed by atoms with Crippen LogP contribution in [0.5, 0.6) is 0 Å². The summed E-state index contributed by atoms with van der Waals surface area (Å²) in [5, 5.41) is 13.3. The van der Waals surface area contributed by atoms with Crippen molar-refractivity contribution in [2.24, 2.45) is 5.41 Å². The van der Waals surface area contributed by atoms with Crippen molar-refractivity contribution in [2.75, 3.05) is 24.7 Å². The maximum absolute atomic E-state index is 12.7. The Morgan fingerprint density at radius 3 is 2.84 bits per heavy atom. The molecule has 134 valence electrons. The quantitative estimate of drug-likeness (QED) is 0.848. The number of anilines is 1. The highest BCUT2D eigenvalue weighted by Gasteiger charge is 2.55. The van der Waals surface area contributed by atoms with Gasteiger partial charge in [0.25, 0.3) is 5.91 Å². The Hall–Kier alpha value is -1.99. The van der Waals surface area contributed by atoms with Gasteiger partial charge in [0.05, 0.1) is 23.6 Å². The summed E-state index contributed by atoms with van der Waals surface area (Å²) >= 11 is 0. The van der Waals surface area contributed by atoms with Crippen LogP contribution in [0.2, 0.25) is 0 Å². The average molecular weight is 345 g/mol. The van der Waals surface area contributed by atoms with Crippen LogP contribution in [0.4, 0.5) is 5.69 Å². The summed E-state index contributed by atoms with van der Waals surface area (Å²) < 4.78 is 5.40. The van der Waals surface area contributed by atoms with E-state index in [2.05, 4.69) is 10.3 Å². The normalized spacial score (nSPS) is 28.0. The Labute approximate surface area is 146 Å². The first kappa shape index (κ1) is 16.5. The zero-order valence-electron chi connectivity index (χ0n) is 14.1. The van der Waals surface area contributed by atoms with E-state index in [1.165, 1.54) is 6.20 Å². The summed E-state index contributed by atoms with van der Waals surface area (Å²) in [7, 11) is 0. The van der Waals surface area contributed by atoms with Gasteiger partial charge in [0.2, 0.25) is 5.91 Å². The van der Waals surface area contributed by atoms with Crippen molar-refractivity contribution in [2.45, 2.75) is 44.2 Å². The van der Waals surface area contributed by atoms with Crippen molar-refractivity contribution in [1.29, 1.82) is 0 Å². The third-order valence-electron chi connectivity index (χ3n) is 5.92. The summed E-state index contributed by atoms with van der Waals surface area (Å²) in [6.45, 7) is 1.92. The van der Waals surface area contributed by atoms with E-state index >= 15 is 0 Å². The van der Waals surface area contributed by atoms with Crippen LogP contribution in [-0.4, -0.2) is 53.8 Å². The lowest BCUT2D eigenvalue weighted by Crippen LogP contribution is -2.65. The number of carbonyl (C=O) groups is 2. The number of aromatic nitrogens is 1. The highest BCUT2D eigenvalue weighted by atomic mass is 16.5. The van der Waals surface area contributed by atoms with Crippen molar-refractivity contribution in [3.8, 4) is 0 Å². The van der Waals surface area contributed by atoms with E-state index < -0.39 is 0 Å². The number of nitrogens with one attached hydrogen (secondary N) is 1. The number of amides is 2. The largest absolute Gasteiger partial charge is 0.392 e. The molecule has 3 heterocycles. The van der Waals surface area contributed by atoms with E-state index in [0.29, 0.717) is 43.9 Å². The van der Waals surface area contributed by atoms with E-state index in [-0.39, 0.29) is 29.4 Å². The summed E-state index contributed by atoms with van der Waals surface area (Å²) in [4.78, 5) is 30.4. The molecule has 1 aliphatic carbocycles. The molecule has 0 radical (unpaired) electrons. The van der Waals surface area contributed by atoms with Gasteiger partial charge in [-0.15, -0.1) is 0 Å². The zero-order valence-corrected chi connectivity index (χ0v) is 14.1. The third kappa shape index (κ3) is 2.81. The second-order valence-electron chi connectivity index (χ2n) is 7.20. The molecule has 25 heavy (non-hydrogen) atoms. The monoisotopic (exact) mass is 345 g/mol. The molecule has 0 aromatic carbocycles. The molecule has 0 bridgehead atoms. The van der Waals surface area contributed by atoms with Gasteiger partial charge in [0.15, 0.2) is 0 Å². The van der Waals surface area contributed by atoms with Gasteiger partial charge in [-0.2, -0.15) is 0 Å². The van der Waals surface area contributed by atoms with Crippen molar-refractivity contribution >= 4 is 17.5 Å². The minimum absolute atomic E-state index is 0.0454. The molecule has 2 atom stereocenters. The molecule has 7 nitrogen and oxygen atoms in total. The van der Waals surface area contributed by atoms with E-state index in [1.54, 1.807) is 17.2 Å². The zero-order chi connectivity index (χ0) is 17.4. The minimum Gasteiger partial charge on any atom is -0.392 e. The highest BCUT2D eigenvalue weighted by molar-refractivity contribution is 5.98. The molecule has 0 unspecified atom stereocenters. The van der Waals surface area contributed by atoms with Crippen molar-refractivity contribution in [3.63, 3.8) is 0 Å². The predicted molar refractivity (Wildman–Crippen MR) is 90.2 cm³/mol. The Bertz CT molecular complexity index is 687. The van der Waals surface area contributed by atoms with Gasteiger partial charge in [-0.1, -0.05) is 0 Å². The lowest BCUT2D eigenvalue weighted by molar-refractivity contribution is -0.145. The summed E-state index contributed by atoms with van der Waals surface area (Å²) in [6, 6.07) is 1.67. The molecular formula is C18H23N3O4. The number of hydrogen-bond acceptors (Lipinski definition) is 5. The van der Waals surface area contributed by atoms with Gasteiger partial charge in [-0.05, 0) is 31.7 Å². The Balaban J connectivity index is 1.47. The Morgan fingerprint density at radius 2 is 2.16 bits per heavy atom. The van der Waals surface area contributed by atoms with Gasteiger partial charge in [-0.25, -0.2) is 0 Å². The summed E-state index contributed by atoms with van der Waals surface area (Å²) in [5.41, 5.74) is 0.856. The molecule has 1 aromatic rings. The van der Waals surface area contributed by atoms with Crippen molar-refractivity contribution < 1.29 is 19.4 Å². The van der Waals surface area contributed by atoms with Crippen LogP contribution in [0.1, 0.15) is 42.5 Å². The van der Waals surface area contributed by atoms with Gasteiger partial charge in [-0.3, -0.25) is 14.6 Å². The third-order valence-corrected chi connectivity index (χ3v) is 5.92. The van der Waals surface area contributed by atoms with E-state index in [0.717, 1.165) is 19.3 Å². The van der Waals surface area contributed by atoms with Crippen LogP contribution in [0.25, 0.3) is 0 Å². The number of carbonyl (C=O) groups excluding carboxylic acids is 2. The average Bonchev–Trinajstić information content (AvgIpc) is 3.08. The lowest BCUT2D eigenvalue weighted by Gasteiger charge is -2.55. The fourth-order valence-electron chi connectivity index (χ4n) is 4.26. The van der Waals surface area contributed by atoms with Crippen LogP contribution in [0, 0.1) is 5.41 Å². The van der Waals surface area contributed by atoms with Crippen LogP contribution < -0.4 is 10.2 Å². The molecule has 3 fully saturated rings. The van der Waals surface area contributed by atoms with Crippen LogP contribution in [-0.2, 0) is 9.53 Å².